The molecule has 0 radical (unpaired) electrons. The van der Waals surface area contributed by atoms with E-state index >= 15 is 0 Å². The maximum Gasteiger partial charge on any atom is 0.416 e. The van der Waals surface area contributed by atoms with Crippen LogP contribution in [0.15, 0.2) is 23.2 Å². The molecule has 0 saturated heterocycles. The van der Waals surface area contributed by atoms with E-state index in [9.17, 15) is 38.4 Å². The van der Waals surface area contributed by atoms with Crippen LogP contribution in [-0.2, 0) is 17.4 Å². The van der Waals surface area contributed by atoms with Crippen LogP contribution in [-0.4, -0.2) is 68.1 Å². The molecule has 10 heteroatoms. The van der Waals surface area contributed by atoms with Gasteiger partial charge in [0.15, 0.2) is 5.78 Å². The third-order valence-electron chi connectivity index (χ3n) is 4.06. The number of hydrogen-bond acceptors (Lipinski definition) is 7. The Morgan fingerprint density at radius 3 is 2.27 bits per heavy atom. The van der Waals surface area contributed by atoms with E-state index in [-0.39, 0.29) is 23.4 Å². The van der Waals surface area contributed by atoms with Crippen molar-refractivity contribution in [2.45, 2.75) is 43.4 Å². The summed E-state index contributed by atoms with van der Waals surface area (Å²) in [6.07, 6.45) is -12.4. The van der Waals surface area contributed by atoms with Gasteiger partial charge in [-0.3, -0.25) is 4.79 Å². The molecular weight excluding hydrogens is 359 g/mol. The van der Waals surface area contributed by atoms with Crippen LogP contribution in [0.5, 0.6) is 0 Å². The minimum atomic E-state index is -4.55. The predicted molar refractivity (Wildman–Crippen MR) is 83.0 cm³/mol. The molecule has 1 aliphatic heterocycles. The molecule has 0 aliphatic carbocycles. The molecule has 1 aliphatic rings. The van der Waals surface area contributed by atoms with Crippen molar-refractivity contribution < 1.29 is 43.5 Å². The van der Waals surface area contributed by atoms with Crippen LogP contribution in [0.2, 0.25) is 0 Å². The molecule has 1 unspecified atom stereocenters. The van der Waals surface area contributed by atoms with Crippen molar-refractivity contribution in [2.24, 2.45) is 4.99 Å². The second kappa shape index (κ2) is 7.80. The lowest BCUT2D eigenvalue weighted by molar-refractivity contribution is -0.137. The molecule has 144 valence electrons. The fourth-order valence-electron chi connectivity index (χ4n) is 2.54. The molecule has 1 aromatic rings. The standard InChI is InChI=1S/C16H18F3NO6/c17-16(18,19)8-1-2-9-7(3-8)4-11(22)10(20-9)5-12(23)14(25)15(26)13(24)6-21/h1-3,12-15,21,23-26H,4-6H2/t12-,13-,14-,15?/m1/s1. The Kier molecular flexibility index (Phi) is 6.14. The number of rotatable bonds is 6. The molecule has 0 spiro atoms. The second-order valence-corrected chi connectivity index (χ2v) is 6.00. The van der Waals surface area contributed by atoms with E-state index in [1.807, 2.05) is 0 Å². The Morgan fingerprint density at radius 1 is 1.08 bits per heavy atom. The van der Waals surface area contributed by atoms with Crippen molar-refractivity contribution >= 4 is 17.2 Å². The lowest BCUT2D eigenvalue weighted by Gasteiger charge is -2.26. The van der Waals surface area contributed by atoms with Crippen molar-refractivity contribution in [3.63, 3.8) is 0 Å². The quantitative estimate of drug-likeness (QED) is 0.464. The average molecular weight is 377 g/mol. The summed E-state index contributed by atoms with van der Waals surface area (Å²) < 4.78 is 38.2. The number of carbonyl (C=O) groups is 1. The van der Waals surface area contributed by atoms with Gasteiger partial charge in [0.25, 0.3) is 0 Å². The number of carbonyl (C=O) groups excluding carboxylic acids is 1. The molecule has 1 aromatic carbocycles. The lowest BCUT2D eigenvalue weighted by atomic mass is 9.93. The maximum atomic E-state index is 12.7. The average Bonchev–Trinajstić information content (AvgIpc) is 2.58. The number of aliphatic hydroxyl groups excluding tert-OH is 5. The Morgan fingerprint density at radius 2 is 1.69 bits per heavy atom. The van der Waals surface area contributed by atoms with Gasteiger partial charge < -0.3 is 25.5 Å². The molecule has 4 atom stereocenters. The summed E-state index contributed by atoms with van der Waals surface area (Å²) in [5.74, 6) is -0.625. The molecular formula is C16H18F3NO6. The summed E-state index contributed by atoms with van der Waals surface area (Å²) in [5, 5.41) is 47.2. The van der Waals surface area contributed by atoms with E-state index in [2.05, 4.69) is 4.99 Å². The summed E-state index contributed by atoms with van der Waals surface area (Å²) in [6, 6.07) is 2.76. The molecule has 5 N–H and O–H groups in total. The van der Waals surface area contributed by atoms with Crippen LogP contribution in [0.25, 0.3) is 0 Å². The molecule has 0 bridgehead atoms. The smallest absolute Gasteiger partial charge is 0.394 e. The maximum absolute atomic E-state index is 12.7. The van der Waals surface area contributed by atoms with E-state index in [1.165, 1.54) is 0 Å². The highest BCUT2D eigenvalue weighted by atomic mass is 19.4. The number of aliphatic hydroxyl groups is 5. The van der Waals surface area contributed by atoms with Gasteiger partial charge in [-0.25, -0.2) is 4.99 Å². The third-order valence-corrected chi connectivity index (χ3v) is 4.06. The van der Waals surface area contributed by atoms with Gasteiger partial charge in [-0.15, -0.1) is 0 Å². The summed E-state index contributed by atoms with van der Waals surface area (Å²) >= 11 is 0. The molecule has 0 amide bonds. The van der Waals surface area contributed by atoms with Crippen molar-refractivity contribution in [1.29, 1.82) is 0 Å². The lowest BCUT2D eigenvalue weighted by Crippen LogP contribution is -2.47. The van der Waals surface area contributed by atoms with Gasteiger partial charge in [-0.2, -0.15) is 13.2 Å². The molecule has 7 nitrogen and oxygen atoms in total. The Labute approximate surface area is 146 Å². The molecule has 0 saturated carbocycles. The van der Waals surface area contributed by atoms with Gasteiger partial charge in [0.2, 0.25) is 0 Å². The van der Waals surface area contributed by atoms with Gasteiger partial charge in [-0.05, 0) is 23.8 Å². The number of hydrogen-bond donors (Lipinski definition) is 5. The molecule has 26 heavy (non-hydrogen) atoms. The number of nitrogens with zero attached hydrogens (tertiary/aromatic N) is 1. The highest BCUT2D eigenvalue weighted by molar-refractivity contribution is 6.41. The van der Waals surface area contributed by atoms with Crippen LogP contribution in [0.1, 0.15) is 17.5 Å². The van der Waals surface area contributed by atoms with E-state index < -0.39 is 55.0 Å². The number of ketones is 1. The topological polar surface area (TPSA) is 131 Å². The zero-order valence-electron chi connectivity index (χ0n) is 13.4. The minimum absolute atomic E-state index is 0.0966. The zero-order valence-corrected chi connectivity index (χ0v) is 13.4. The van der Waals surface area contributed by atoms with Gasteiger partial charge in [0, 0.05) is 12.8 Å². The van der Waals surface area contributed by atoms with Gasteiger partial charge in [0.05, 0.1) is 29.7 Å². The molecule has 2 rings (SSSR count). The summed E-state index contributed by atoms with van der Waals surface area (Å²) in [6.45, 7) is -0.847. The first kappa shape index (κ1) is 20.5. The first-order valence-corrected chi connectivity index (χ1v) is 7.68. The van der Waals surface area contributed by atoms with Crippen molar-refractivity contribution in [1.82, 2.24) is 0 Å². The van der Waals surface area contributed by atoms with E-state index in [1.54, 1.807) is 0 Å². The van der Waals surface area contributed by atoms with E-state index in [0.717, 1.165) is 18.2 Å². The summed E-state index contributed by atoms with van der Waals surface area (Å²) in [7, 11) is 0. The number of aliphatic imine (C=N–C) groups is 1. The highest BCUT2D eigenvalue weighted by Gasteiger charge is 2.34. The Bertz CT molecular complexity index is 706. The number of halogens is 3. The van der Waals surface area contributed by atoms with Gasteiger partial charge in [-0.1, -0.05) is 0 Å². The highest BCUT2D eigenvalue weighted by Crippen LogP contribution is 2.34. The largest absolute Gasteiger partial charge is 0.416 e. The summed E-state index contributed by atoms with van der Waals surface area (Å²) in [4.78, 5) is 16.0. The fourth-order valence-corrected chi connectivity index (χ4v) is 2.54. The Balaban J connectivity index is 2.18. The third kappa shape index (κ3) is 4.46. The van der Waals surface area contributed by atoms with Crippen LogP contribution in [0.4, 0.5) is 18.9 Å². The van der Waals surface area contributed by atoms with Crippen LogP contribution in [0, 0.1) is 0 Å². The van der Waals surface area contributed by atoms with E-state index in [0.29, 0.717) is 0 Å². The number of fused-ring (bicyclic) bond motifs is 1. The Hall–Kier alpha value is -1.85. The monoisotopic (exact) mass is 377 g/mol. The van der Waals surface area contributed by atoms with Crippen molar-refractivity contribution in [3.05, 3.63) is 29.3 Å². The molecule has 0 fully saturated rings. The zero-order chi connectivity index (χ0) is 19.6. The first-order chi connectivity index (χ1) is 12.0. The SMILES string of the molecule is O=C1Cc2cc(C(F)(F)F)ccc2N=C1C[C@@H](O)[C@@H](O)C(O)[C@H](O)CO. The fraction of sp³-hybridized carbons (Fsp3) is 0.500. The summed E-state index contributed by atoms with van der Waals surface area (Å²) in [5.41, 5.74) is -0.835. The predicted octanol–water partition coefficient (Wildman–Crippen LogP) is -0.271. The van der Waals surface area contributed by atoms with Crippen LogP contribution >= 0.6 is 0 Å². The number of alkyl halides is 3. The molecule has 0 aromatic heterocycles. The van der Waals surface area contributed by atoms with Crippen molar-refractivity contribution in [2.75, 3.05) is 6.61 Å². The number of Topliss-reactive ketones (excluding diaryl/α,β-unsaturated/α-hetero) is 1. The van der Waals surface area contributed by atoms with Crippen molar-refractivity contribution in [3.8, 4) is 0 Å². The van der Waals surface area contributed by atoms with Crippen LogP contribution in [0.3, 0.4) is 0 Å². The van der Waals surface area contributed by atoms with Gasteiger partial charge >= 0.3 is 6.18 Å². The van der Waals surface area contributed by atoms with Gasteiger partial charge in [0.1, 0.15) is 18.3 Å². The second-order valence-electron chi connectivity index (χ2n) is 6.00. The van der Waals surface area contributed by atoms with E-state index in [4.69, 9.17) is 5.11 Å². The normalized spacial score (nSPS) is 19.4. The minimum Gasteiger partial charge on any atom is -0.394 e. The number of benzene rings is 1. The molecule has 1 heterocycles. The first-order valence-electron chi connectivity index (χ1n) is 7.68. The van der Waals surface area contributed by atoms with Crippen LogP contribution < -0.4 is 0 Å².